The summed E-state index contributed by atoms with van der Waals surface area (Å²) < 4.78 is 2.00. The molecule has 132 valence electrons. The highest BCUT2D eigenvalue weighted by Crippen LogP contribution is 2.10. The molecule has 0 bridgehead atoms. The van der Waals surface area contributed by atoms with Gasteiger partial charge in [0.2, 0.25) is 5.91 Å². The largest absolute Gasteiger partial charge is 0.340 e. The Hall–Kier alpha value is -2.83. The van der Waals surface area contributed by atoms with Gasteiger partial charge in [-0.3, -0.25) is 4.79 Å². The fourth-order valence-electron chi connectivity index (χ4n) is 2.82. The number of likely N-dealkylation sites (N-methyl/N-ethyl adjacent to an activating group) is 1. The van der Waals surface area contributed by atoms with Gasteiger partial charge in [-0.2, -0.15) is 0 Å². The number of amides is 3. The van der Waals surface area contributed by atoms with E-state index in [9.17, 15) is 9.59 Å². The van der Waals surface area contributed by atoms with E-state index in [0.717, 1.165) is 12.1 Å². The fourth-order valence-corrected chi connectivity index (χ4v) is 2.82. The van der Waals surface area contributed by atoms with Gasteiger partial charge < -0.3 is 19.7 Å². The van der Waals surface area contributed by atoms with Crippen molar-refractivity contribution >= 4 is 11.9 Å². The minimum absolute atomic E-state index is 0.0299. The second-order valence-electron chi connectivity index (χ2n) is 6.44. The first-order chi connectivity index (χ1) is 12.0. The Labute approximate surface area is 147 Å². The third-order valence-corrected chi connectivity index (χ3v) is 4.54. The van der Waals surface area contributed by atoms with Gasteiger partial charge in [0.05, 0.1) is 6.33 Å². The summed E-state index contributed by atoms with van der Waals surface area (Å²) in [6, 6.07) is 7.94. The molecule has 1 N–H and O–H groups in total. The Morgan fingerprint density at radius 1 is 1.28 bits per heavy atom. The molecular weight excluding hydrogens is 318 g/mol. The van der Waals surface area contributed by atoms with Crippen LogP contribution in [0.3, 0.4) is 0 Å². The lowest BCUT2D eigenvalue weighted by molar-refractivity contribution is -0.135. The Morgan fingerprint density at radius 3 is 2.64 bits per heavy atom. The van der Waals surface area contributed by atoms with Crippen molar-refractivity contribution < 1.29 is 9.59 Å². The van der Waals surface area contributed by atoms with Crippen LogP contribution in [0.1, 0.15) is 18.1 Å². The Bertz CT molecular complexity index is 726. The third-order valence-electron chi connectivity index (χ3n) is 4.54. The molecule has 25 heavy (non-hydrogen) atoms. The zero-order valence-corrected chi connectivity index (χ0v) is 14.6. The number of carbonyl (C=O) groups is 2. The number of imidazole rings is 1. The SMILES string of the molecule is CC1CN(C(=O)NCc2ccc(Cn3ccnc3)cc2)CC(=O)N1C. The lowest BCUT2D eigenvalue weighted by Gasteiger charge is -2.37. The monoisotopic (exact) mass is 341 g/mol. The average molecular weight is 341 g/mol. The number of hydrogen-bond donors (Lipinski definition) is 1. The number of hydrogen-bond acceptors (Lipinski definition) is 3. The number of benzene rings is 1. The molecule has 1 fully saturated rings. The smallest absolute Gasteiger partial charge is 0.318 e. The van der Waals surface area contributed by atoms with E-state index < -0.39 is 0 Å². The van der Waals surface area contributed by atoms with Crippen LogP contribution in [-0.4, -0.2) is 57.5 Å². The molecule has 7 nitrogen and oxygen atoms in total. The second-order valence-corrected chi connectivity index (χ2v) is 6.44. The molecule has 0 spiro atoms. The minimum atomic E-state index is -0.198. The van der Waals surface area contributed by atoms with Crippen molar-refractivity contribution in [3.63, 3.8) is 0 Å². The van der Waals surface area contributed by atoms with Crippen LogP contribution < -0.4 is 5.32 Å². The van der Waals surface area contributed by atoms with Crippen molar-refractivity contribution in [1.29, 1.82) is 0 Å². The maximum Gasteiger partial charge on any atom is 0.318 e. The summed E-state index contributed by atoms with van der Waals surface area (Å²) in [5, 5.41) is 2.89. The van der Waals surface area contributed by atoms with E-state index in [0.29, 0.717) is 13.1 Å². The van der Waals surface area contributed by atoms with Crippen molar-refractivity contribution in [2.24, 2.45) is 0 Å². The predicted molar refractivity (Wildman–Crippen MR) is 93.8 cm³/mol. The normalized spacial score (nSPS) is 17.7. The highest BCUT2D eigenvalue weighted by atomic mass is 16.2. The maximum atomic E-state index is 12.3. The Balaban J connectivity index is 1.51. The molecule has 1 aliphatic heterocycles. The molecule has 1 unspecified atom stereocenters. The van der Waals surface area contributed by atoms with Crippen LogP contribution in [0.25, 0.3) is 0 Å². The van der Waals surface area contributed by atoms with E-state index >= 15 is 0 Å². The lowest BCUT2D eigenvalue weighted by atomic mass is 10.1. The van der Waals surface area contributed by atoms with Crippen LogP contribution in [0, 0.1) is 0 Å². The molecule has 3 rings (SSSR count). The van der Waals surface area contributed by atoms with Crippen LogP contribution in [-0.2, 0) is 17.9 Å². The van der Waals surface area contributed by atoms with Crippen LogP contribution in [0.15, 0.2) is 43.0 Å². The van der Waals surface area contributed by atoms with Gasteiger partial charge in [-0.1, -0.05) is 24.3 Å². The summed E-state index contributed by atoms with van der Waals surface area (Å²) in [7, 11) is 1.77. The summed E-state index contributed by atoms with van der Waals surface area (Å²) in [5.74, 6) is -0.0299. The highest BCUT2D eigenvalue weighted by Gasteiger charge is 2.29. The predicted octanol–water partition coefficient (Wildman–Crippen LogP) is 1.30. The lowest BCUT2D eigenvalue weighted by Crippen LogP contribution is -2.57. The zero-order chi connectivity index (χ0) is 17.8. The first-order valence-electron chi connectivity index (χ1n) is 8.35. The van der Waals surface area contributed by atoms with Crippen molar-refractivity contribution in [1.82, 2.24) is 24.7 Å². The van der Waals surface area contributed by atoms with E-state index in [1.165, 1.54) is 5.56 Å². The minimum Gasteiger partial charge on any atom is -0.340 e. The van der Waals surface area contributed by atoms with Crippen molar-refractivity contribution in [3.05, 3.63) is 54.1 Å². The molecule has 7 heteroatoms. The first kappa shape index (κ1) is 17.0. The van der Waals surface area contributed by atoms with Crippen molar-refractivity contribution in [2.45, 2.75) is 26.1 Å². The number of aromatic nitrogens is 2. The standard InChI is InChI=1S/C18H23N5O2/c1-14-10-23(12-17(24)21(14)2)18(25)20-9-15-3-5-16(6-4-15)11-22-8-7-19-13-22/h3-8,13-14H,9-12H2,1-2H3,(H,20,25). The van der Waals surface area contributed by atoms with Gasteiger partial charge in [-0.15, -0.1) is 0 Å². The quantitative estimate of drug-likeness (QED) is 0.911. The molecule has 0 radical (unpaired) electrons. The second kappa shape index (κ2) is 7.38. The molecular formula is C18H23N5O2. The van der Waals surface area contributed by atoms with Crippen LogP contribution in [0.2, 0.25) is 0 Å². The van der Waals surface area contributed by atoms with E-state index in [1.807, 2.05) is 42.0 Å². The summed E-state index contributed by atoms with van der Waals surface area (Å²) in [6.45, 7) is 3.85. The summed E-state index contributed by atoms with van der Waals surface area (Å²) in [6.07, 6.45) is 5.47. The van der Waals surface area contributed by atoms with Gasteiger partial charge >= 0.3 is 6.03 Å². The van der Waals surface area contributed by atoms with Crippen molar-refractivity contribution in [2.75, 3.05) is 20.1 Å². The van der Waals surface area contributed by atoms with Crippen molar-refractivity contribution in [3.8, 4) is 0 Å². The van der Waals surface area contributed by atoms with Gasteiger partial charge in [0.15, 0.2) is 0 Å². The molecule has 1 aromatic heterocycles. The molecule has 1 aliphatic rings. The number of nitrogens with zero attached hydrogens (tertiary/aromatic N) is 4. The molecule has 1 saturated heterocycles. The van der Waals surface area contributed by atoms with Gasteiger partial charge in [-0.25, -0.2) is 9.78 Å². The van der Waals surface area contributed by atoms with Crippen LogP contribution in [0.4, 0.5) is 4.79 Å². The molecule has 2 aromatic rings. The maximum absolute atomic E-state index is 12.3. The third kappa shape index (κ3) is 4.17. The first-order valence-corrected chi connectivity index (χ1v) is 8.35. The van der Waals surface area contributed by atoms with Gasteiger partial charge in [-0.05, 0) is 18.1 Å². The fraction of sp³-hybridized carbons (Fsp3) is 0.389. The van der Waals surface area contributed by atoms with E-state index in [-0.39, 0.29) is 24.5 Å². The number of urea groups is 1. The number of carbonyl (C=O) groups excluding carboxylic acids is 2. The Kier molecular flexibility index (Phi) is 5.02. The molecule has 1 aromatic carbocycles. The molecule has 2 heterocycles. The number of piperazine rings is 1. The van der Waals surface area contributed by atoms with Crippen LogP contribution >= 0.6 is 0 Å². The van der Waals surface area contributed by atoms with E-state index in [2.05, 4.69) is 10.3 Å². The van der Waals surface area contributed by atoms with Gasteiger partial charge in [0.1, 0.15) is 6.54 Å². The molecule has 3 amide bonds. The summed E-state index contributed by atoms with van der Waals surface area (Å²) >= 11 is 0. The molecule has 0 aliphatic carbocycles. The summed E-state index contributed by atoms with van der Waals surface area (Å²) in [4.78, 5) is 31.4. The topological polar surface area (TPSA) is 70.5 Å². The highest BCUT2D eigenvalue weighted by molar-refractivity contribution is 5.85. The Morgan fingerprint density at radius 2 is 2.00 bits per heavy atom. The number of rotatable bonds is 4. The van der Waals surface area contributed by atoms with Gasteiger partial charge in [0, 0.05) is 45.1 Å². The average Bonchev–Trinajstić information content (AvgIpc) is 3.11. The van der Waals surface area contributed by atoms with Gasteiger partial charge in [0.25, 0.3) is 0 Å². The van der Waals surface area contributed by atoms with Crippen LogP contribution in [0.5, 0.6) is 0 Å². The zero-order valence-electron chi connectivity index (χ0n) is 14.6. The number of nitrogens with one attached hydrogen (secondary N) is 1. The van der Waals surface area contributed by atoms with E-state index in [1.54, 1.807) is 29.4 Å². The molecule has 1 atom stereocenters. The molecule has 0 saturated carbocycles. The summed E-state index contributed by atoms with van der Waals surface area (Å²) in [5.41, 5.74) is 2.20. The van der Waals surface area contributed by atoms with E-state index in [4.69, 9.17) is 0 Å².